The van der Waals surface area contributed by atoms with Crippen LogP contribution in [0.3, 0.4) is 0 Å². The molecular formula is C16H11F4NO2. The molecule has 1 heterocycles. The minimum atomic E-state index is -4.49. The molecule has 0 saturated carbocycles. The van der Waals surface area contributed by atoms with E-state index in [1.54, 1.807) is 0 Å². The Hall–Kier alpha value is -2.57. The summed E-state index contributed by atoms with van der Waals surface area (Å²) in [6, 6.07) is 9.24. The van der Waals surface area contributed by atoms with E-state index >= 15 is 0 Å². The van der Waals surface area contributed by atoms with Crippen molar-refractivity contribution in [2.24, 2.45) is 0 Å². The number of cyclic esters (lactones) is 1. The quantitative estimate of drug-likeness (QED) is 0.833. The van der Waals surface area contributed by atoms with Crippen molar-refractivity contribution in [3.8, 4) is 0 Å². The molecule has 1 amide bonds. The summed E-state index contributed by atoms with van der Waals surface area (Å²) in [7, 11) is 0. The van der Waals surface area contributed by atoms with Gasteiger partial charge in [-0.1, -0.05) is 24.3 Å². The van der Waals surface area contributed by atoms with Crippen LogP contribution in [0.2, 0.25) is 0 Å². The third-order valence-corrected chi connectivity index (χ3v) is 3.58. The van der Waals surface area contributed by atoms with Gasteiger partial charge in [0.25, 0.3) is 0 Å². The number of alkyl carbamates (subject to hydrolysis) is 1. The Balaban J connectivity index is 1.97. The number of ether oxygens (including phenoxy) is 1. The lowest BCUT2D eigenvalue weighted by molar-refractivity contribution is -0.137. The molecular weight excluding hydrogens is 314 g/mol. The Bertz CT molecular complexity index is 728. The Morgan fingerprint density at radius 3 is 2.35 bits per heavy atom. The van der Waals surface area contributed by atoms with Gasteiger partial charge in [0.05, 0.1) is 11.6 Å². The fourth-order valence-electron chi connectivity index (χ4n) is 2.50. The summed E-state index contributed by atoms with van der Waals surface area (Å²) in [5, 5.41) is 2.53. The van der Waals surface area contributed by atoms with Gasteiger partial charge in [0, 0.05) is 0 Å². The molecule has 2 unspecified atom stereocenters. The highest BCUT2D eigenvalue weighted by atomic mass is 19.4. The zero-order valence-corrected chi connectivity index (χ0v) is 11.6. The minimum Gasteiger partial charge on any atom is -0.439 e. The summed E-state index contributed by atoms with van der Waals surface area (Å²) in [4.78, 5) is 11.5. The fraction of sp³-hybridized carbons (Fsp3) is 0.188. The monoisotopic (exact) mass is 325 g/mol. The smallest absolute Gasteiger partial charge is 0.416 e. The molecule has 1 fully saturated rings. The Labute approximate surface area is 128 Å². The van der Waals surface area contributed by atoms with Crippen molar-refractivity contribution < 1.29 is 27.1 Å². The van der Waals surface area contributed by atoms with Gasteiger partial charge in [-0.15, -0.1) is 0 Å². The van der Waals surface area contributed by atoms with Crippen molar-refractivity contribution in [3.05, 3.63) is 71.0 Å². The maximum Gasteiger partial charge on any atom is 0.416 e. The number of halogens is 4. The van der Waals surface area contributed by atoms with Crippen molar-refractivity contribution in [1.29, 1.82) is 0 Å². The number of benzene rings is 2. The standard InChI is InChI=1S/C16H11F4NO2/c17-12-6-4-9(5-7-12)13-14(23-15(22)21-13)10-2-1-3-11(8-10)16(18,19)20/h1-8,13-14H,(H,21,22). The SMILES string of the molecule is O=C1NC(c2ccc(F)cc2)C(c2cccc(C(F)(F)F)c2)O1. The van der Waals surface area contributed by atoms with Gasteiger partial charge >= 0.3 is 12.3 Å². The molecule has 1 saturated heterocycles. The van der Waals surface area contributed by atoms with Crippen molar-refractivity contribution in [1.82, 2.24) is 5.32 Å². The lowest BCUT2D eigenvalue weighted by Gasteiger charge is -2.18. The van der Waals surface area contributed by atoms with Crippen molar-refractivity contribution in [2.75, 3.05) is 0 Å². The Kier molecular flexibility index (Phi) is 3.71. The fourth-order valence-corrected chi connectivity index (χ4v) is 2.50. The van der Waals surface area contributed by atoms with Gasteiger partial charge in [-0.3, -0.25) is 0 Å². The van der Waals surface area contributed by atoms with E-state index in [-0.39, 0.29) is 5.56 Å². The van der Waals surface area contributed by atoms with Crippen molar-refractivity contribution in [2.45, 2.75) is 18.3 Å². The van der Waals surface area contributed by atoms with Gasteiger partial charge in [0.1, 0.15) is 5.82 Å². The van der Waals surface area contributed by atoms with Crippen LogP contribution in [-0.2, 0) is 10.9 Å². The molecule has 2 aromatic rings. The second-order valence-corrected chi connectivity index (χ2v) is 5.12. The minimum absolute atomic E-state index is 0.215. The topological polar surface area (TPSA) is 38.3 Å². The summed E-state index contributed by atoms with van der Waals surface area (Å²) in [5.74, 6) is -0.449. The first-order valence-electron chi connectivity index (χ1n) is 6.74. The molecule has 0 radical (unpaired) electrons. The number of carbonyl (C=O) groups is 1. The Morgan fingerprint density at radius 2 is 1.70 bits per heavy atom. The van der Waals surface area contributed by atoms with E-state index in [1.807, 2.05) is 0 Å². The molecule has 0 bridgehead atoms. The van der Waals surface area contributed by atoms with Crippen LogP contribution in [0.5, 0.6) is 0 Å². The summed E-state index contributed by atoms with van der Waals surface area (Å²) >= 11 is 0. The molecule has 0 spiro atoms. The highest BCUT2D eigenvalue weighted by Crippen LogP contribution is 2.38. The average molecular weight is 325 g/mol. The predicted octanol–water partition coefficient (Wildman–Crippen LogP) is 4.37. The number of alkyl halides is 3. The second-order valence-electron chi connectivity index (χ2n) is 5.12. The van der Waals surface area contributed by atoms with Crippen LogP contribution in [0.4, 0.5) is 22.4 Å². The summed E-state index contributed by atoms with van der Waals surface area (Å²) in [6.07, 6.45) is -6.14. The first-order chi connectivity index (χ1) is 10.8. The highest BCUT2D eigenvalue weighted by Gasteiger charge is 2.38. The van der Waals surface area contributed by atoms with Crippen LogP contribution in [0.25, 0.3) is 0 Å². The third kappa shape index (κ3) is 3.13. The Morgan fingerprint density at radius 1 is 1.00 bits per heavy atom. The molecule has 2 atom stereocenters. The average Bonchev–Trinajstić information content (AvgIpc) is 2.89. The number of rotatable bonds is 2. The number of hydrogen-bond acceptors (Lipinski definition) is 2. The third-order valence-electron chi connectivity index (χ3n) is 3.58. The van der Waals surface area contributed by atoms with E-state index in [4.69, 9.17) is 4.74 Å². The van der Waals surface area contributed by atoms with Crippen LogP contribution < -0.4 is 5.32 Å². The zero-order chi connectivity index (χ0) is 16.6. The van der Waals surface area contributed by atoms with Gasteiger partial charge in [-0.2, -0.15) is 13.2 Å². The van der Waals surface area contributed by atoms with E-state index in [0.29, 0.717) is 5.56 Å². The summed E-state index contributed by atoms with van der Waals surface area (Å²) in [5.41, 5.74) is -0.0667. The molecule has 0 aliphatic carbocycles. The van der Waals surface area contributed by atoms with Crippen LogP contribution in [0.1, 0.15) is 28.8 Å². The molecule has 1 aliphatic heterocycles. The molecule has 23 heavy (non-hydrogen) atoms. The molecule has 2 aromatic carbocycles. The van der Waals surface area contributed by atoms with Crippen LogP contribution in [-0.4, -0.2) is 6.09 Å². The van der Waals surface area contributed by atoms with Crippen LogP contribution in [0, 0.1) is 5.82 Å². The maximum atomic E-state index is 13.0. The molecule has 120 valence electrons. The van der Waals surface area contributed by atoms with E-state index in [1.165, 1.54) is 36.4 Å². The number of hydrogen-bond donors (Lipinski definition) is 1. The van der Waals surface area contributed by atoms with Crippen molar-refractivity contribution >= 4 is 6.09 Å². The van der Waals surface area contributed by atoms with Gasteiger partial charge in [-0.05, 0) is 35.4 Å². The van der Waals surface area contributed by atoms with E-state index in [2.05, 4.69) is 5.32 Å². The highest BCUT2D eigenvalue weighted by molar-refractivity contribution is 5.71. The molecule has 7 heteroatoms. The second kappa shape index (κ2) is 5.57. The first kappa shape index (κ1) is 15.3. The normalized spacial score (nSPS) is 21.0. The maximum absolute atomic E-state index is 13.0. The zero-order valence-electron chi connectivity index (χ0n) is 11.6. The lowest BCUT2D eigenvalue weighted by Crippen LogP contribution is -2.19. The summed E-state index contributed by atoms with van der Waals surface area (Å²) < 4.78 is 56.6. The molecule has 3 rings (SSSR count). The number of nitrogens with one attached hydrogen (secondary N) is 1. The lowest BCUT2D eigenvalue weighted by atomic mass is 9.95. The summed E-state index contributed by atoms with van der Waals surface area (Å²) in [6.45, 7) is 0. The van der Waals surface area contributed by atoms with E-state index in [0.717, 1.165) is 12.1 Å². The number of carbonyl (C=O) groups excluding carboxylic acids is 1. The molecule has 1 N–H and O–H groups in total. The van der Waals surface area contributed by atoms with E-state index < -0.39 is 35.8 Å². The van der Waals surface area contributed by atoms with Crippen LogP contribution >= 0.6 is 0 Å². The molecule has 3 nitrogen and oxygen atoms in total. The number of amides is 1. The molecule has 0 aromatic heterocycles. The predicted molar refractivity (Wildman–Crippen MR) is 72.9 cm³/mol. The first-order valence-corrected chi connectivity index (χ1v) is 6.74. The van der Waals surface area contributed by atoms with Gasteiger partial charge in [0.2, 0.25) is 0 Å². The van der Waals surface area contributed by atoms with Crippen molar-refractivity contribution in [3.63, 3.8) is 0 Å². The molecule has 1 aliphatic rings. The van der Waals surface area contributed by atoms with Crippen LogP contribution in [0.15, 0.2) is 48.5 Å². The van der Waals surface area contributed by atoms with Gasteiger partial charge < -0.3 is 10.1 Å². The van der Waals surface area contributed by atoms with Gasteiger partial charge in [-0.25, -0.2) is 9.18 Å². The van der Waals surface area contributed by atoms with Gasteiger partial charge in [0.15, 0.2) is 6.10 Å². The van der Waals surface area contributed by atoms with E-state index in [9.17, 15) is 22.4 Å². The largest absolute Gasteiger partial charge is 0.439 e.